The fourth-order valence-electron chi connectivity index (χ4n) is 3.24. The van der Waals surface area contributed by atoms with E-state index in [0.717, 1.165) is 10.0 Å². The quantitative estimate of drug-likeness (QED) is 0.882. The third-order valence-corrected chi connectivity index (χ3v) is 4.64. The SMILES string of the molecule is O=C(O)c1ccc(Br)cc1C1=CC2CCC1CC2. The third-order valence-electron chi connectivity index (χ3n) is 4.15. The van der Waals surface area contributed by atoms with E-state index in [1.807, 2.05) is 6.07 Å². The summed E-state index contributed by atoms with van der Waals surface area (Å²) in [4.78, 5) is 11.3. The number of carbonyl (C=O) groups is 1. The average molecular weight is 307 g/mol. The Morgan fingerprint density at radius 1 is 1.22 bits per heavy atom. The van der Waals surface area contributed by atoms with Gasteiger partial charge in [-0.25, -0.2) is 4.79 Å². The molecule has 0 aliphatic heterocycles. The Balaban J connectivity index is 2.11. The predicted octanol–water partition coefficient (Wildman–Crippen LogP) is 4.35. The highest BCUT2D eigenvalue weighted by molar-refractivity contribution is 9.10. The lowest BCUT2D eigenvalue weighted by atomic mass is 9.69. The van der Waals surface area contributed by atoms with E-state index in [2.05, 4.69) is 22.0 Å². The summed E-state index contributed by atoms with van der Waals surface area (Å²) in [6, 6.07) is 5.45. The molecular weight excluding hydrogens is 292 g/mol. The van der Waals surface area contributed by atoms with Gasteiger partial charge in [-0.3, -0.25) is 0 Å². The Morgan fingerprint density at radius 2 is 1.94 bits per heavy atom. The molecule has 94 valence electrons. The fraction of sp³-hybridized carbons (Fsp3) is 0.400. The first kappa shape index (κ1) is 12.0. The van der Waals surface area contributed by atoms with Gasteiger partial charge >= 0.3 is 5.97 Å². The molecule has 2 nitrogen and oxygen atoms in total. The fourth-order valence-corrected chi connectivity index (χ4v) is 3.60. The van der Waals surface area contributed by atoms with E-state index in [4.69, 9.17) is 0 Å². The van der Waals surface area contributed by atoms with E-state index in [-0.39, 0.29) is 0 Å². The number of aromatic carboxylic acids is 1. The van der Waals surface area contributed by atoms with Gasteiger partial charge in [0.15, 0.2) is 0 Å². The van der Waals surface area contributed by atoms with Crippen LogP contribution in [-0.4, -0.2) is 11.1 Å². The molecule has 0 heterocycles. The number of hydrogen-bond acceptors (Lipinski definition) is 1. The number of carboxylic acid groups (broad SMARTS) is 1. The first-order valence-electron chi connectivity index (χ1n) is 6.40. The van der Waals surface area contributed by atoms with Crippen LogP contribution >= 0.6 is 15.9 Å². The third kappa shape index (κ3) is 2.01. The maximum Gasteiger partial charge on any atom is 0.336 e. The summed E-state index contributed by atoms with van der Waals surface area (Å²) < 4.78 is 0.949. The van der Waals surface area contributed by atoms with Gasteiger partial charge in [0.2, 0.25) is 0 Å². The maximum atomic E-state index is 11.3. The lowest BCUT2D eigenvalue weighted by Crippen LogP contribution is -2.22. The Morgan fingerprint density at radius 3 is 2.50 bits per heavy atom. The number of halogens is 1. The molecule has 2 bridgehead atoms. The lowest BCUT2D eigenvalue weighted by molar-refractivity contribution is 0.0696. The summed E-state index contributed by atoms with van der Waals surface area (Å²) in [5, 5.41) is 9.31. The Bertz CT molecular complexity index is 525. The van der Waals surface area contributed by atoms with Crippen molar-refractivity contribution in [2.45, 2.75) is 25.7 Å². The van der Waals surface area contributed by atoms with E-state index >= 15 is 0 Å². The number of benzene rings is 1. The standard InChI is InChI=1S/C15H15BrO2/c16-11-5-6-12(15(17)18)14(8-11)13-7-9-1-3-10(13)4-2-9/h5-10H,1-4H2,(H,17,18). The molecule has 1 fully saturated rings. The molecule has 18 heavy (non-hydrogen) atoms. The highest BCUT2D eigenvalue weighted by Crippen LogP contribution is 2.45. The van der Waals surface area contributed by atoms with Crippen LogP contribution in [0, 0.1) is 11.8 Å². The smallest absolute Gasteiger partial charge is 0.336 e. The van der Waals surface area contributed by atoms with Crippen LogP contribution < -0.4 is 0 Å². The van der Waals surface area contributed by atoms with Gasteiger partial charge in [-0.2, -0.15) is 0 Å². The molecule has 1 aromatic rings. The second-order valence-electron chi connectivity index (χ2n) is 5.23. The monoisotopic (exact) mass is 306 g/mol. The van der Waals surface area contributed by atoms with Crippen molar-refractivity contribution >= 4 is 27.5 Å². The summed E-state index contributed by atoms with van der Waals surface area (Å²) in [7, 11) is 0. The molecule has 0 unspecified atom stereocenters. The number of hydrogen-bond donors (Lipinski definition) is 1. The normalized spacial score (nSPS) is 25.9. The van der Waals surface area contributed by atoms with Crippen LogP contribution in [0.1, 0.15) is 41.6 Å². The zero-order valence-corrected chi connectivity index (χ0v) is 11.6. The Kier molecular flexibility index (Phi) is 3.02. The highest BCUT2D eigenvalue weighted by Gasteiger charge is 2.31. The van der Waals surface area contributed by atoms with Crippen LogP contribution in [0.5, 0.6) is 0 Å². The van der Waals surface area contributed by atoms with Crippen molar-refractivity contribution in [3.8, 4) is 0 Å². The van der Waals surface area contributed by atoms with Crippen LogP contribution in [0.4, 0.5) is 0 Å². The van der Waals surface area contributed by atoms with Crippen molar-refractivity contribution in [3.05, 3.63) is 39.9 Å². The van der Waals surface area contributed by atoms with Gasteiger partial charge in [-0.05, 0) is 66.9 Å². The second-order valence-corrected chi connectivity index (χ2v) is 6.14. The maximum absolute atomic E-state index is 11.3. The summed E-state index contributed by atoms with van der Waals surface area (Å²) in [6.45, 7) is 0. The molecule has 3 aliphatic rings. The first-order valence-corrected chi connectivity index (χ1v) is 7.19. The molecule has 4 rings (SSSR count). The molecule has 3 heteroatoms. The number of carboxylic acids is 1. The van der Waals surface area contributed by atoms with E-state index in [1.165, 1.54) is 31.3 Å². The molecule has 0 aromatic heterocycles. The molecular formula is C15H15BrO2. The van der Waals surface area contributed by atoms with Crippen molar-refractivity contribution in [2.75, 3.05) is 0 Å². The molecule has 1 N–H and O–H groups in total. The van der Waals surface area contributed by atoms with Crippen molar-refractivity contribution in [2.24, 2.45) is 11.8 Å². The summed E-state index contributed by atoms with van der Waals surface area (Å²) in [6.07, 6.45) is 7.27. The predicted molar refractivity (Wildman–Crippen MR) is 74.5 cm³/mol. The van der Waals surface area contributed by atoms with Gasteiger partial charge in [0.05, 0.1) is 5.56 Å². The van der Waals surface area contributed by atoms with E-state index in [0.29, 0.717) is 17.4 Å². The zero-order valence-electron chi connectivity index (χ0n) is 10.0. The van der Waals surface area contributed by atoms with Gasteiger partial charge in [-0.1, -0.05) is 22.0 Å². The van der Waals surface area contributed by atoms with Gasteiger partial charge in [0, 0.05) is 4.47 Å². The van der Waals surface area contributed by atoms with Crippen molar-refractivity contribution < 1.29 is 9.90 Å². The Hall–Kier alpha value is -1.09. The summed E-state index contributed by atoms with van der Waals surface area (Å²) in [5.41, 5.74) is 2.60. The molecule has 0 radical (unpaired) electrons. The van der Waals surface area contributed by atoms with Gasteiger partial charge < -0.3 is 5.11 Å². The first-order chi connectivity index (χ1) is 8.65. The molecule has 0 saturated heterocycles. The summed E-state index contributed by atoms with van der Waals surface area (Å²) in [5.74, 6) is 0.382. The molecule has 3 aliphatic carbocycles. The number of allylic oxidation sites excluding steroid dienone is 2. The van der Waals surface area contributed by atoms with Crippen LogP contribution in [0.25, 0.3) is 5.57 Å². The summed E-state index contributed by atoms with van der Waals surface area (Å²) >= 11 is 3.44. The highest BCUT2D eigenvalue weighted by atomic mass is 79.9. The molecule has 0 amide bonds. The molecule has 1 saturated carbocycles. The topological polar surface area (TPSA) is 37.3 Å². The number of fused-ring (bicyclic) bond motifs is 2. The van der Waals surface area contributed by atoms with Crippen LogP contribution in [0.15, 0.2) is 28.7 Å². The van der Waals surface area contributed by atoms with E-state index in [1.54, 1.807) is 12.1 Å². The molecule has 0 atom stereocenters. The van der Waals surface area contributed by atoms with Crippen molar-refractivity contribution in [3.63, 3.8) is 0 Å². The minimum absolute atomic E-state index is 0.428. The minimum Gasteiger partial charge on any atom is -0.478 e. The van der Waals surface area contributed by atoms with Crippen molar-refractivity contribution in [1.29, 1.82) is 0 Å². The Labute approximate surface area is 115 Å². The number of rotatable bonds is 2. The van der Waals surface area contributed by atoms with Crippen molar-refractivity contribution in [1.82, 2.24) is 0 Å². The molecule has 0 spiro atoms. The van der Waals surface area contributed by atoms with E-state index in [9.17, 15) is 9.90 Å². The minimum atomic E-state index is -0.833. The van der Waals surface area contributed by atoms with Gasteiger partial charge in [0.25, 0.3) is 0 Å². The van der Waals surface area contributed by atoms with E-state index < -0.39 is 5.97 Å². The van der Waals surface area contributed by atoms with Crippen LogP contribution in [-0.2, 0) is 0 Å². The second kappa shape index (κ2) is 4.54. The van der Waals surface area contributed by atoms with Gasteiger partial charge in [-0.15, -0.1) is 0 Å². The van der Waals surface area contributed by atoms with Crippen LogP contribution in [0.2, 0.25) is 0 Å². The molecule has 1 aromatic carbocycles. The zero-order chi connectivity index (χ0) is 12.7. The van der Waals surface area contributed by atoms with Gasteiger partial charge in [0.1, 0.15) is 0 Å². The average Bonchev–Trinajstić information content (AvgIpc) is 2.39. The largest absolute Gasteiger partial charge is 0.478 e. The lowest BCUT2D eigenvalue weighted by Gasteiger charge is -2.36. The van der Waals surface area contributed by atoms with Crippen LogP contribution in [0.3, 0.4) is 0 Å².